The second kappa shape index (κ2) is 3.98. The Bertz CT molecular complexity index is 349. The van der Waals surface area contributed by atoms with E-state index in [-0.39, 0.29) is 4.47 Å². The van der Waals surface area contributed by atoms with Crippen LogP contribution in [-0.2, 0) is 0 Å². The highest BCUT2D eigenvalue weighted by Gasteiger charge is 2.49. The molecule has 1 aromatic rings. The van der Waals surface area contributed by atoms with Gasteiger partial charge in [-0.15, -0.1) is 0 Å². The van der Waals surface area contributed by atoms with Gasteiger partial charge in [0.1, 0.15) is 0 Å². The molecule has 0 bridgehead atoms. The molecule has 0 saturated carbocycles. The highest BCUT2D eigenvalue weighted by atomic mass is 79.9. The molecule has 0 spiro atoms. The van der Waals surface area contributed by atoms with Gasteiger partial charge in [-0.05, 0) is 15.9 Å². The molecule has 0 amide bonds. The number of carbonyl (C=O) groups is 1. The summed E-state index contributed by atoms with van der Waals surface area (Å²) in [4.78, 5) is 10.9. The van der Waals surface area contributed by atoms with Crippen molar-refractivity contribution in [3.05, 3.63) is 20.8 Å². The van der Waals surface area contributed by atoms with Crippen molar-refractivity contribution in [3.8, 4) is 0 Å². The smallest absolute Gasteiger partial charge is 0.287 e. The quantitative estimate of drug-likeness (QED) is 0.614. The van der Waals surface area contributed by atoms with E-state index in [0.717, 1.165) is 16.7 Å². The Kier molecular flexibility index (Phi) is 3.31. The summed E-state index contributed by atoms with van der Waals surface area (Å²) in [7, 11) is 0. The van der Waals surface area contributed by atoms with Crippen LogP contribution < -0.4 is 0 Å². The molecule has 0 fully saturated rings. The predicted octanol–water partition coefficient (Wildman–Crippen LogP) is 3.59. The second-order valence-electron chi connectivity index (χ2n) is 2.39. The fourth-order valence-electron chi connectivity index (χ4n) is 0.722. The maximum atomic E-state index is 12.6. The number of hydrogen-bond acceptors (Lipinski definition) is 2. The van der Waals surface area contributed by atoms with Gasteiger partial charge in [0.15, 0.2) is 0 Å². The van der Waals surface area contributed by atoms with E-state index in [1.807, 2.05) is 0 Å². The summed E-state index contributed by atoms with van der Waals surface area (Å²) in [6, 6.07) is 0. The lowest BCUT2D eigenvalue weighted by atomic mass is 10.1. The van der Waals surface area contributed by atoms with Gasteiger partial charge < -0.3 is 0 Å². The minimum atomic E-state index is -4.62. The topological polar surface area (TPSA) is 17.1 Å². The molecule has 78 valence electrons. The summed E-state index contributed by atoms with van der Waals surface area (Å²) in [5, 5.41) is 2.47. The van der Waals surface area contributed by atoms with Crippen molar-refractivity contribution in [2.24, 2.45) is 0 Å². The van der Waals surface area contributed by atoms with E-state index in [1.165, 1.54) is 5.38 Å². The lowest BCUT2D eigenvalue weighted by molar-refractivity contribution is -0.0958. The van der Waals surface area contributed by atoms with Crippen molar-refractivity contribution in [2.75, 3.05) is 0 Å². The van der Waals surface area contributed by atoms with Gasteiger partial charge in [0, 0.05) is 20.8 Å². The Morgan fingerprint density at radius 1 is 1.43 bits per heavy atom. The number of halogens is 5. The number of Topliss-reactive ketones (excluding diaryl/α,β-unsaturated/α-hetero) is 1. The Morgan fingerprint density at radius 3 is 2.36 bits per heavy atom. The summed E-state index contributed by atoms with van der Waals surface area (Å²) < 4.78 is 48.8. The fraction of sp³-hybridized carbons (Fsp3) is 0.286. The van der Waals surface area contributed by atoms with Gasteiger partial charge >= 0.3 is 12.3 Å². The van der Waals surface area contributed by atoms with Crippen LogP contribution in [0.15, 0.2) is 15.2 Å². The van der Waals surface area contributed by atoms with Crippen LogP contribution in [0.3, 0.4) is 0 Å². The molecule has 0 aromatic carbocycles. The Hall–Kier alpha value is -0.430. The molecular formula is C7H3BrF4OS. The molecule has 1 heterocycles. The van der Waals surface area contributed by atoms with Crippen LogP contribution in [-0.4, -0.2) is 18.1 Å². The van der Waals surface area contributed by atoms with Crippen molar-refractivity contribution in [3.63, 3.8) is 0 Å². The van der Waals surface area contributed by atoms with E-state index in [4.69, 9.17) is 0 Å². The molecule has 0 unspecified atom stereocenters. The van der Waals surface area contributed by atoms with Crippen LogP contribution in [0.1, 0.15) is 10.4 Å². The van der Waals surface area contributed by atoms with Crippen molar-refractivity contribution in [1.82, 2.24) is 0 Å². The van der Waals surface area contributed by atoms with Gasteiger partial charge in [-0.1, -0.05) is 0 Å². The van der Waals surface area contributed by atoms with Crippen molar-refractivity contribution in [2.45, 2.75) is 12.3 Å². The third-order valence-electron chi connectivity index (χ3n) is 1.44. The normalized spacial score (nSPS) is 12.1. The third-order valence-corrected chi connectivity index (χ3v) is 3.14. The van der Waals surface area contributed by atoms with E-state index in [0.29, 0.717) is 0 Å². The van der Waals surface area contributed by atoms with E-state index in [1.54, 1.807) is 0 Å². The third kappa shape index (κ3) is 1.98. The lowest BCUT2D eigenvalue weighted by Gasteiger charge is -2.12. The number of ketones is 1. The first-order valence-corrected chi connectivity index (χ1v) is 5.03. The molecule has 0 radical (unpaired) electrons. The zero-order chi connectivity index (χ0) is 10.9. The van der Waals surface area contributed by atoms with Crippen LogP contribution in [0, 0.1) is 0 Å². The monoisotopic (exact) mass is 290 g/mol. The Balaban J connectivity index is 3.02. The van der Waals surface area contributed by atoms with Crippen LogP contribution in [0.4, 0.5) is 17.6 Å². The molecule has 0 N–H and O–H groups in total. The van der Waals surface area contributed by atoms with Crippen molar-refractivity contribution < 1.29 is 22.4 Å². The molecule has 7 heteroatoms. The van der Waals surface area contributed by atoms with Crippen LogP contribution >= 0.6 is 27.3 Å². The zero-order valence-electron chi connectivity index (χ0n) is 6.44. The summed E-state index contributed by atoms with van der Waals surface area (Å²) in [5.41, 5.74) is -0.416. The highest BCUT2D eigenvalue weighted by Crippen LogP contribution is 2.31. The molecular weight excluding hydrogens is 288 g/mol. The molecule has 0 aliphatic heterocycles. The molecule has 0 aliphatic rings. The first-order chi connectivity index (χ1) is 6.37. The standard InChI is InChI=1S/C7H3BrF4OS/c8-4-2-14-1-3(4)5(13)7(11,12)6(9)10/h1-2,6H. The summed E-state index contributed by atoms with van der Waals surface area (Å²) in [6.07, 6.45) is -3.98. The average Bonchev–Trinajstić information content (AvgIpc) is 2.49. The summed E-state index contributed by atoms with van der Waals surface area (Å²) >= 11 is 3.80. The Labute approximate surface area is 88.9 Å². The summed E-state index contributed by atoms with van der Waals surface area (Å²) in [6.45, 7) is 0. The maximum Gasteiger partial charge on any atom is 0.368 e. The molecule has 0 saturated heterocycles. The number of rotatable bonds is 3. The van der Waals surface area contributed by atoms with Crippen molar-refractivity contribution in [1.29, 1.82) is 0 Å². The van der Waals surface area contributed by atoms with Crippen LogP contribution in [0.25, 0.3) is 0 Å². The minimum absolute atomic E-state index is 0.104. The maximum absolute atomic E-state index is 12.6. The molecule has 1 aromatic heterocycles. The lowest BCUT2D eigenvalue weighted by Crippen LogP contribution is -2.36. The van der Waals surface area contributed by atoms with Gasteiger partial charge in [0.05, 0.1) is 0 Å². The van der Waals surface area contributed by atoms with E-state index >= 15 is 0 Å². The molecule has 14 heavy (non-hydrogen) atoms. The fourth-order valence-corrected chi connectivity index (χ4v) is 2.18. The van der Waals surface area contributed by atoms with Crippen LogP contribution in [0.5, 0.6) is 0 Å². The largest absolute Gasteiger partial charge is 0.368 e. The zero-order valence-corrected chi connectivity index (χ0v) is 8.84. The molecule has 1 nitrogen and oxygen atoms in total. The Morgan fingerprint density at radius 2 is 2.00 bits per heavy atom. The number of hydrogen-bond donors (Lipinski definition) is 0. The SMILES string of the molecule is O=C(c1cscc1Br)C(F)(F)C(F)F. The highest BCUT2D eigenvalue weighted by molar-refractivity contribution is 9.10. The summed E-state index contributed by atoms with van der Waals surface area (Å²) in [5.74, 6) is -6.48. The molecule has 0 aliphatic carbocycles. The number of carbonyl (C=O) groups excluding carboxylic acids is 1. The minimum Gasteiger partial charge on any atom is -0.287 e. The average molecular weight is 291 g/mol. The van der Waals surface area contributed by atoms with Crippen molar-refractivity contribution >= 4 is 33.0 Å². The van der Waals surface area contributed by atoms with Crippen LogP contribution in [0.2, 0.25) is 0 Å². The molecule has 0 atom stereocenters. The van der Waals surface area contributed by atoms with Gasteiger partial charge in [0.2, 0.25) is 5.78 Å². The molecule has 1 rings (SSSR count). The van der Waals surface area contributed by atoms with E-state index < -0.39 is 23.7 Å². The van der Waals surface area contributed by atoms with Gasteiger partial charge in [-0.25, -0.2) is 8.78 Å². The van der Waals surface area contributed by atoms with Gasteiger partial charge in [-0.2, -0.15) is 20.1 Å². The van der Waals surface area contributed by atoms with E-state index in [2.05, 4.69) is 15.9 Å². The first kappa shape index (κ1) is 11.6. The number of thiophene rings is 1. The predicted molar refractivity (Wildman–Crippen MR) is 47.3 cm³/mol. The van der Waals surface area contributed by atoms with E-state index in [9.17, 15) is 22.4 Å². The van der Waals surface area contributed by atoms with Gasteiger partial charge in [0.25, 0.3) is 0 Å². The van der Waals surface area contributed by atoms with Gasteiger partial charge in [-0.3, -0.25) is 4.79 Å². The second-order valence-corrected chi connectivity index (χ2v) is 3.98. The number of alkyl halides is 4. The first-order valence-electron chi connectivity index (χ1n) is 3.29.